The molecule has 4 rings (SSSR count). The average molecular weight is 346 g/mol. The van der Waals surface area contributed by atoms with E-state index in [1.165, 1.54) is 5.56 Å². The Bertz CT molecular complexity index is 1120. The molecule has 0 amide bonds. The Kier molecular flexibility index (Phi) is 3.91. The lowest BCUT2D eigenvalue weighted by Gasteiger charge is -2.02. The Morgan fingerprint density at radius 2 is 1.84 bits per heavy atom. The molecule has 2 heterocycles. The number of nitrogens with one attached hydrogen (secondary N) is 1. The third-order valence-electron chi connectivity index (χ3n) is 3.73. The summed E-state index contributed by atoms with van der Waals surface area (Å²) in [6.45, 7) is 2.04. The van der Waals surface area contributed by atoms with Crippen LogP contribution in [0.2, 0.25) is 0 Å². The van der Waals surface area contributed by atoms with E-state index in [9.17, 15) is 0 Å². The van der Waals surface area contributed by atoms with Crippen LogP contribution in [0.15, 0.2) is 59.8 Å². The minimum absolute atomic E-state index is 0.417. The SMILES string of the molecule is Cc1ccc(-c2n[nH]c(=S)n2/N=C\c2cnc3ccccc3n2)cc1. The van der Waals surface area contributed by atoms with Crippen molar-refractivity contribution < 1.29 is 0 Å². The van der Waals surface area contributed by atoms with Crippen LogP contribution in [0.5, 0.6) is 0 Å². The van der Waals surface area contributed by atoms with Crippen LogP contribution in [0, 0.1) is 11.7 Å². The fourth-order valence-corrected chi connectivity index (χ4v) is 2.62. The Morgan fingerprint density at radius 1 is 1.08 bits per heavy atom. The van der Waals surface area contributed by atoms with Gasteiger partial charge in [-0.3, -0.25) is 4.98 Å². The quantitative estimate of drug-likeness (QED) is 0.453. The highest BCUT2D eigenvalue weighted by Crippen LogP contribution is 2.17. The lowest BCUT2D eigenvalue weighted by Crippen LogP contribution is -1.97. The monoisotopic (exact) mass is 346 g/mol. The van der Waals surface area contributed by atoms with Crippen LogP contribution in [-0.4, -0.2) is 31.1 Å². The van der Waals surface area contributed by atoms with E-state index < -0.39 is 0 Å². The number of aromatic nitrogens is 5. The smallest absolute Gasteiger partial charge is 0.216 e. The summed E-state index contributed by atoms with van der Waals surface area (Å²) in [4.78, 5) is 8.91. The van der Waals surface area contributed by atoms with Crippen LogP contribution in [-0.2, 0) is 0 Å². The van der Waals surface area contributed by atoms with Gasteiger partial charge in [-0.25, -0.2) is 10.1 Å². The summed E-state index contributed by atoms with van der Waals surface area (Å²) in [7, 11) is 0. The average Bonchev–Trinajstić information content (AvgIpc) is 3.01. The number of hydrogen-bond acceptors (Lipinski definition) is 5. The lowest BCUT2D eigenvalue weighted by molar-refractivity contribution is 0.870. The molecule has 0 bridgehead atoms. The van der Waals surface area contributed by atoms with Gasteiger partial charge in [-0.2, -0.15) is 14.9 Å². The maximum atomic E-state index is 5.29. The third kappa shape index (κ3) is 3.09. The van der Waals surface area contributed by atoms with Crippen molar-refractivity contribution in [1.29, 1.82) is 0 Å². The zero-order valence-electron chi connectivity index (χ0n) is 13.4. The van der Waals surface area contributed by atoms with E-state index in [2.05, 4.69) is 25.3 Å². The molecule has 0 spiro atoms. The van der Waals surface area contributed by atoms with E-state index >= 15 is 0 Å². The second-order valence-electron chi connectivity index (χ2n) is 5.56. The maximum Gasteiger partial charge on any atom is 0.216 e. The molecule has 25 heavy (non-hydrogen) atoms. The zero-order valence-corrected chi connectivity index (χ0v) is 14.2. The summed E-state index contributed by atoms with van der Waals surface area (Å²) < 4.78 is 2.00. The minimum Gasteiger partial charge on any atom is -0.252 e. The maximum absolute atomic E-state index is 5.29. The molecule has 0 unspecified atom stereocenters. The van der Waals surface area contributed by atoms with Crippen LogP contribution in [0.4, 0.5) is 0 Å². The summed E-state index contributed by atoms with van der Waals surface area (Å²) in [6.07, 6.45) is 3.31. The number of fused-ring (bicyclic) bond motifs is 1. The van der Waals surface area contributed by atoms with Gasteiger partial charge in [0.15, 0.2) is 5.82 Å². The van der Waals surface area contributed by atoms with E-state index in [0.29, 0.717) is 16.3 Å². The largest absolute Gasteiger partial charge is 0.252 e. The highest BCUT2D eigenvalue weighted by atomic mass is 32.1. The first kappa shape index (κ1) is 15.3. The lowest BCUT2D eigenvalue weighted by atomic mass is 10.1. The van der Waals surface area contributed by atoms with Gasteiger partial charge in [-0.05, 0) is 31.3 Å². The fourth-order valence-electron chi connectivity index (χ4n) is 2.44. The summed E-state index contributed by atoms with van der Waals surface area (Å²) in [5, 5.41) is 11.5. The van der Waals surface area contributed by atoms with Gasteiger partial charge >= 0.3 is 0 Å². The Balaban J connectivity index is 1.72. The molecule has 0 aliphatic heterocycles. The molecule has 0 aliphatic carbocycles. The van der Waals surface area contributed by atoms with E-state index in [0.717, 1.165) is 16.6 Å². The van der Waals surface area contributed by atoms with Crippen LogP contribution in [0.1, 0.15) is 11.3 Å². The van der Waals surface area contributed by atoms with Crippen molar-refractivity contribution in [3.05, 3.63) is 70.8 Å². The van der Waals surface area contributed by atoms with Crippen molar-refractivity contribution >= 4 is 29.5 Å². The van der Waals surface area contributed by atoms with Crippen molar-refractivity contribution in [2.24, 2.45) is 5.10 Å². The molecular weight excluding hydrogens is 332 g/mol. The molecule has 2 aromatic carbocycles. The van der Waals surface area contributed by atoms with Crippen molar-refractivity contribution in [1.82, 2.24) is 24.8 Å². The second kappa shape index (κ2) is 6.37. The number of H-pyrrole nitrogens is 1. The van der Waals surface area contributed by atoms with Gasteiger partial charge in [0.2, 0.25) is 4.77 Å². The van der Waals surface area contributed by atoms with Gasteiger partial charge in [-0.1, -0.05) is 42.0 Å². The summed E-state index contributed by atoms with van der Waals surface area (Å²) in [5.74, 6) is 0.648. The predicted octanol–water partition coefficient (Wildman–Crippen LogP) is 3.74. The number of benzene rings is 2. The van der Waals surface area contributed by atoms with Gasteiger partial charge in [0.05, 0.1) is 23.4 Å². The molecular formula is C18H14N6S. The Hall–Kier alpha value is -3.19. The van der Waals surface area contributed by atoms with Gasteiger partial charge < -0.3 is 0 Å². The van der Waals surface area contributed by atoms with E-state index in [4.69, 9.17) is 12.2 Å². The molecule has 0 fully saturated rings. The summed E-state index contributed by atoms with van der Waals surface area (Å²) >= 11 is 5.29. The van der Waals surface area contributed by atoms with Crippen molar-refractivity contribution in [2.45, 2.75) is 6.92 Å². The minimum atomic E-state index is 0.417. The fraction of sp³-hybridized carbons (Fsp3) is 0.0556. The second-order valence-corrected chi connectivity index (χ2v) is 5.95. The first-order chi connectivity index (χ1) is 12.2. The van der Waals surface area contributed by atoms with Gasteiger partial charge in [0.25, 0.3) is 0 Å². The van der Waals surface area contributed by atoms with Crippen molar-refractivity contribution in [3.63, 3.8) is 0 Å². The molecule has 122 valence electrons. The molecule has 0 radical (unpaired) electrons. The van der Waals surface area contributed by atoms with Crippen LogP contribution in [0.3, 0.4) is 0 Å². The molecule has 0 aliphatic rings. The number of nitrogens with zero attached hydrogens (tertiary/aromatic N) is 5. The topological polar surface area (TPSA) is 71.8 Å². The number of hydrogen-bond donors (Lipinski definition) is 1. The van der Waals surface area contributed by atoms with Crippen molar-refractivity contribution in [2.75, 3.05) is 0 Å². The molecule has 2 aromatic heterocycles. The molecule has 0 saturated carbocycles. The first-order valence-corrected chi connectivity index (χ1v) is 8.12. The van der Waals surface area contributed by atoms with Gasteiger partial charge in [-0.15, -0.1) is 0 Å². The van der Waals surface area contributed by atoms with E-state index in [1.807, 2.05) is 55.5 Å². The first-order valence-electron chi connectivity index (χ1n) is 7.71. The van der Waals surface area contributed by atoms with Gasteiger partial charge in [0.1, 0.15) is 5.69 Å². The molecule has 1 N–H and O–H groups in total. The molecule has 6 nitrogen and oxygen atoms in total. The summed E-state index contributed by atoms with van der Waals surface area (Å²) in [5.41, 5.74) is 4.43. The summed E-state index contributed by atoms with van der Waals surface area (Å²) in [6, 6.07) is 15.7. The van der Waals surface area contributed by atoms with E-state index in [-0.39, 0.29) is 0 Å². The number of rotatable bonds is 3. The van der Waals surface area contributed by atoms with Crippen LogP contribution >= 0.6 is 12.2 Å². The zero-order chi connectivity index (χ0) is 17.2. The Morgan fingerprint density at radius 3 is 2.64 bits per heavy atom. The molecule has 0 saturated heterocycles. The molecule has 0 atom stereocenters. The van der Waals surface area contributed by atoms with Crippen molar-refractivity contribution in [3.8, 4) is 11.4 Å². The predicted molar refractivity (Wildman–Crippen MR) is 100 cm³/mol. The van der Waals surface area contributed by atoms with Crippen LogP contribution in [0.25, 0.3) is 22.4 Å². The number of para-hydroxylation sites is 2. The Labute approximate surface area is 148 Å². The number of aryl methyl sites for hydroxylation is 1. The van der Waals surface area contributed by atoms with Gasteiger partial charge in [0, 0.05) is 5.56 Å². The molecule has 4 aromatic rings. The highest BCUT2D eigenvalue weighted by Gasteiger charge is 2.07. The molecule has 7 heteroatoms. The number of aromatic amines is 1. The standard InChI is InChI=1S/C18H14N6S/c1-12-6-8-13(9-7-12)17-22-23-18(25)24(17)20-11-14-10-19-15-4-2-3-5-16(15)21-14/h2-11H,1H3,(H,23,25)/b20-11-. The van der Waals surface area contributed by atoms with Crippen LogP contribution < -0.4 is 0 Å². The highest BCUT2D eigenvalue weighted by molar-refractivity contribution is 7.71. The normalized spacial score (nSPS) is 11.4. The van der Waals surface area contributed by atoms with E-state index in [1.54, 1.807) is 17.1 Å². The third-order valence-corrected chi connectivity index (χ3v) is 4.00.